The van der Waals surface area contributed by atoms with E-state index < -0.39 is 5.97 Å². The van der Waals surface area contributed by atoms with Crippen LogP contribution in [0.25, 0.3) is 0 Å². The van der Waals surface area contributed by atoms with Crippen molar-refractivity contribution in [2.75, 3.05) is 18.8 Å². The Balaban J connectivity index is 1.72. The predicted octanol–water partition coefficient (Wildman–Crippen LogP) is 3.41. The molecule has 1 heterocycles. The van der Waals surface area contributed by atoms with Crippen molar-refractivity contribution in [2.24, 2.45) is 5.92 Å². The molecule has 1 amide bonds. The van der Waals surface area contributed by atoms with Gasteiger partial charge < -0.3 is 10.0 Å². The van der Waals surface area contributed by atoms with E-state index in [2.05, 4.69) is 0 Å². The van der Waals surface area contributed by atoms with Gasteiger partial charge in [-0.1, -0.05) is 0 Å². The van der Waals surface area contributed by atoms with Crippen LogP contribution in [0.2, 0.25) is 0 Å². The average Bonchev–Trinajstić information content (AvgIpc) is 2.55. The second-order valence-electron chi connectivity index (χ2n) is 5.83. The Morgan fingerprint density at radius 2 is 2.00 bits per heavy atom. The molecular weight excluding hydrogens is 317 g/mol. The second kappa shape index (κ2) is 8.91. The number of carboxylic acids is 1. The number of nitrogens with zero attached hydrogens (tertiary/aromatic N) is 1. The van der Waals surface area contributed by atoms with Crippen LogP contribution in [0.15, 0.2) is 29.2 Å². The summed E-state index contributed by atoms with van der Waals surface area (Å²) in [6.45, 7) is 1.44. The number of thioether (sulfide) groups is 1. The summed E-state index contributed by atoms with van der Waals surface area (Å²) in [4.78, 5) is 25.7. The van der Waals surface area contributed by atoms with Crippen LogP contribution in [0.5, 0.6) is 0 Å². The number of benzene rings is 1. The van der Waals surface area contributed by atoms with Gasteiger partial charge in [0.2, 0.25) is 5.91 Å². The summed E-state index contributed by atoms with van der Waals surface area (Å²) in [5.74, 6) is 0.0595. The zero-order valence-electron chi connectivity index (χ0n) is 13.0. The maximum absolute atomic E-state index is 12.8. The fraction of sp³-hybridized carbons (Fsp3) is 0.529. The number of hydrogen-bond acceptors (Lipinski definition) is 3. The Bertz CT molecular complexity index is 535. The molecule has 1 N–H and O–H groups in total. The monoisotopic (exact) mass is 339 g/mol. The molecule has 1 saturated heterocycles. The first-order valence-corrected chi connectivity index (χ1v) is 8.91. The summed E-state index contributed by atoms with van der Waals surface area (Å²) in [6.07, 6.45) is 3.22. The number of piperidine rings is 1. The van der Waals surface area contributed by atoms with Crippen molar-refractivity contribution < 1.29 is 19.1 Å². The van der Waals surface area contributed by atoms with Crippen molar-refractivity contribution in [3.63, 3.8) is 0 Å². The maximum Gasteiger partial charge on any atom is 0.303 e. The van der Waals surface area contributed by atoms with E-state index in [0.29, 0.717) is 31.1 Å². The van der Waals surface area contributed by atoms with E-state index in [0.717, 1.165) is 24.3 Å². The fourth-order valence-corrected chi connectivity index (χ4v) is 3.64. The summed E-state index contributed by atoms with van der Waals surface area (Å²) >= 11 is 1.54. The fourth-order valence-electron chi connectivity index (χ4n) is 2.80. The highest BCUT2D eigenvalue weighted by Gasteiger charge is 2.23. The van der Waals surface area contributed by atoms with Crippen molar-refractivity contribution in [3.8, 4) is 0 Å². The van der Waals surface area contributed by atoms with Crippen molar-refractivity contribution in [1.29, 1.82) is 0 Å². The van der Waals surface area contributed by atoms with Crippen molar-refractivity contribution >= 4 is 23.6 Å². The van der Waals surface area contributed by atoms with E-state index in [1.807, 2.05) is 4.90 Å². The topological polar surface area (TPSA) is 57.6 Å². The van der Waals surface area contributed by atoms with Crippen molar-refractivity contribution in [3.05, 3.63) is 30.1 Å². The largest absolute Gasteiger partial charge is 0.481 e. The average molecular weight is 339 g/mol. The highest BCUT2D eigenvalue weighted by Crippen LogP contribution is 2.23. The smallest absolute Gasteiger partial charge is 0.303 e. The molecule has 1 aliphatic rings. The molecule has 0 saturated carbocycles. The number of amides is 1. The summed E-state index contributed by atoms with van der Waals surface area (Å²) in [5.41, 5.74) is 0. The molecule has 0 aromatic heterocycles. The van der Waals surface area contributed by atoms with Gasteiger partial charge in [-0.3, -0.25) is 9.59 Å². The number of rotatable bonds is 7. The van der Waals surface area contributed by atoms with E-state index in [4.69, 9.17) is 5.11 Å². The van der Waals surface area contributed by atoms with Crippen LogP contribution >= 0.6 is 11.8 Å². The number of aliphatic carboxylic acids is 1. The van der Waals surface area contributed by atoms with Crippen LogP contribution < -0.4 is 0 Å². The summed E-state index contributed by atoms with van der Waals surface area (Å²) in [6, 6.07) is 6.27. The third kappa shape index (κ3) is 6.22. The summed E-state index contributed by atoms with van der Waals surface area (Å²) in [7, 11) is 0. The van der Waals surface area contributed by atoms with Crippen molar-refractivity contribution in [2.45, 2.75) is 37.0 Å². The van der Waals surface area contributed by atoms with Crippen LogP contribution in [0.1, 0.15) is 32.1 Å². The molecule has 1 unspecified atom stereocenters. The zero-order valence-corrected chi connectivity index (χ0v) is 13.9. The normalized spacial score (nSPS) is 18.0. The number of carboxylic acid groups (broad SMARTS) is 1. The zero-order chi connectivity index (χ0) is 16.7. The van der Waals surface area contributed by atoms with Gasteiger partial charge in [-0.25, -0.2) is 4.39 Å². The molecule has 1 aromatic carbocycles. The Morgan fingerprint density at radius 3 is 2.70 bits per heavy atom. The molecule has 23 heavy (non-hydrogen) atoms. The van der Waals surface area contributed by atoms with Gasteiger partial charge in [-0.05, 0) is 49.4 Å². The van der Waals surface area contributed by atoms with Crippen LogP contribution in [-0.2, 0) is 9.59 Å². The number of carbonyl (C=O) groups excluding carboxylic acids is 1. The lowest BCUT2D eigenvalue weighted by Crippen LogP contribution is -2.40. The third-order valence-electron chi connectivity index (χ3n) is 4.04. The first-order chi connectivity index (χ1) is 11.0. The van der Waals surface area contributed by atoms with Gasteiger partial charge in [0.1, 0.15) is 5.82 Å². The molecule has 4 nitrogen and oxygen atoms in total. The Hall–Kier alpha value is -1.56. The summed E-state index contributed by atoms with van der Waals surface area (Å²) < 4.78 is 12.8. The molecule has 6 heteroatoms. The molecule has 0 aliphatic carbocycles. The highest BCUT2D eigenvalue weighted by atomic mass is 32.2. The lowest BCUT2D eigenvalue weighted by molar-refractivity contribution is -0.137. The molecular formula is C17H22FNO3S. The van der Waals surface area contributed by atoms with Gasteiger partial charge >= 0.3 is 5.97 Å². The second-order valence-corrected chi connectivity index (χ2v) is 7.00. The minimum atomic E-state index is -0.774. The molecule has 0 spiro atoms. The highest BCUT2D eigenvalue weighted by molar-refractivity contribution is 7.99. The van der Waals surface area contributed by atoms with E-state index >= 15 is 0 Å². The molecule has 2 rings (SSSR count). The van der Waals surface area contributed by atoms with Gasteiger partial charge in [-0.15, -0.1) is 11.8 Å². The number of carbonyl (C=O) groups is 2. The minimum Gasteiger partial charge on any atom is -0.481 e. The van der Waals surface area contributed by atoms with E-state index in [9.17, 15) is 14.0 Å². The van der Waals surface area contributed by atoms with Gasteiger partial charge in [0.05, 0.1) is 0 Å². The quantitative estimate of drug-likeness (QED) is 0.774. The molecule has 0 bridgehead atoms. The Morgan fingerprint density at radius 1 is 1.26 bits per heavy atom. The van der Waals surface area contributed by atoms with Crippen LogP contribution in [0, 0.1) is 11.7 Å². The van der Waals surface area contributed by atoms with Crippen LogP contribution in [0.4, 0.5) is 4.39 Å². The lowest BCUT2D eigenvalue weighted by Gasteiger charge is -2.32. The standard InChI is InChI=1S/C17H22FNO3S/c18-14-4-6-15(7-5-14)23-11-9-16(20)19-10-1-2-13(12-19)3-8-17(21)22/h4-7,13H,1-3,8-12H2,(H,21,22). The lowest BCUT2D eigenvalue weighted by atomic mass is 9.93. The van der Waals surface area contributed by atoms with Gasteiger partial charge in [0.15, 0.2) is 0 Å². The molecule has 1 aromatic rings. The Labute approximate surface area is 140 Å². The Kier molecular flexibility index (Phi) is 6.89. The third-order valence-corrected chi connectivity index (χ3v) is 5.05. The summed E-state index contributed by atoms with van der Waals surface area (Å²) in [5, 5.41) is 8.75. The molecule has 126 valence electrons. The van der Waals surface area contributed by atoms with Crippen LogP contribution in [-0.4, -0.2) is 40.7 Å². The molecule has 1 atom stereocenters. The van der Waals surface area contributed by atoms with Crippen molar-refractivity contribution in [1.82, 2.24) is 4.90 Å². The van der Waals surface area contributed by atoms with Gasteiger partial charge in [0.25, 0.3) is 0 Å². The minimum absolute atomic E-state index is 0.125. The first kappa shape index (κ1) is 17.8. The van der Waals surface area contributed by atoms with Gasteiger partial charge in [0, 0.05) is 36.6 Å². The molecule has 0 radical (unpaired) electrons. The number of halogens is 1. The van der Waals surface area contributed by atoms with E-state index in [-0.39, 0.29) is 18.1 Å². The predicted molar refractivity (Wildman–Crippen MR) is 87.9 cm³/mol. The molecule has 1 aliphatic heterocycles. The maximum atomic E-state index is 12.8. The first-order valence-electron chi connectivity index (χ1n) is 7.92. The van der Waals surface area contributed by atoms with E-state index in [1.165, 1.54) is 12.1 Å². The molecule has 1 fully saturated rings. The number of likely N-dealkylation sites (tertiary alicyclic amines) is 1. The SMILES string of the molecule is O=C(O)CCC1CCCN(C(=O)CCSc2ccc(F)cc2)C1. The van der Waals surface area contributed by atoms with Gasteiger partial charge in [-0.2, -0.15) is 0 Å². The number of hydrogen-bond donors (Lipinski definition) is 1. The van der Waals surface area contributed by atoms with E-state index in [1.54, 1.807) is 23.9 Å². The van der Waals surface area contributed by atoms with Crippen LogP contribution in [0.3, 0.4) is 0 Å².